The zero-order chi connectivity index (χ0) is 19.8. The number of carbonyl (C=O) groups excluding carboxylic acids is 3. The Hall–Kier alpha value is -3.43. The van der Waals surface area contributed by atoms with Gasteiger partial charge in [-0.1, -0.05) is 30.3 Å². The normalized spacial score (nSPS) is 19.8. The molecule has 0 saturated carbocycles. The highest BCUT2D eigenvalue weighted by atomic mass is 19.4. The summed E-state index contributed by atoms with van der Waals surface area (Å²) in [5.74, 6) is -1.68. The van der Waals surface area contributed by atoms with Crippen molar-refractivity contribution in [1.82, 2.24) is 20.7 Å². The lowest BCUT2D eigenvalue weighted by molar-refractivity contribution is -0.141. The topological polar surface area (TPSA) is 91.4 Å². The molecule has 1 aliphatic heterocycles. The van der Waals surface area contributed by atoms with E-state index in [1.165, 1.54) is 6.92 Å². The molecule has 7 nitrogen and oxygen atoms in total. The van der Waals surface area contributed by atoms with Gasteiger partial charge in [0.25, 0.3) is 11.8 Å². The fraction of sp³-hybridized carbons (Fsp3) is 0.176. The van der Waals surface area contributed by atoms with E-state index in [4.69, 9.17) is 0 Å². The van der Waals surface area contributed by atoms with Crippen LogP contribution in [0.3, 0.4) is 0 Å². The number of rotatable bonds is 3. The minimum Gasteiger partial charge on any atom is -0.318 e. The summed E-state index contributed by atoms with van der Waals surface area (Å²) in [6.45, 7) is 1.48. The Bertz CT molecular complexity index is 900. The van der Waals surface area contributed by atoms with Crippen LogP contribution in [0, 0.1) is 0 Å². The molecule has 1 atom stereocenters. The Balaban J connectivity index is 1.78. The van der Waals surface area contributed by atoms with Crippen LogP contribution in [0.2, 0.25) is 0 Å². The van der Waals surface area contributed by atoms with Crippen LogP contribution in [-0.4, -0.2) is 27.8 Å². The molecule has 140 valence electrons. The van der Waals surface area contributed by atoms with Gasteiger partial charge in [-0.25, -0.2) is 4.79 Å². The Morgan fingerprint density at radius 2 is 1.81 bits per heavy atom. The first kappa shape index (κ1) is 18.4. The smallest absolute Gasteiger partial charge is 0.318 e. The number of hydrogen-bond donors (Lipinski definition) is 2. The van der Waals surface area contributed by atoms with Crippen molar-refractivity contribution < 1.29 is 27.6 Å². The van der Waals surface area contributed by atoms with Crippen LogP contribution in [0.1, 0.15) is 28.5 Å². The summed E-state index contributed by atoms with van der Waals surface area (Å²) in [6, 6.07) is 9.08. The lowest BCUT2D eigenvalue weighted by Crippen LogP contribution is -2.47. The van der Waals surface area contributed by atoms with Crippen molar-refractivity contribution in [2.24, 2.45) is 0 Å². The molecule has 3 rings (SSSR count). The number of hydrazine groups is 1. The van der Waals surface area contributed by atoms with E-state index < -0.39 is 35.3 Å². The van der Waals surface area contributed by atoms with Gasteiger partial charge in [0.15, 0.2) is 0 Å². The zero-order valence-electron chi connectivity index (χ0n) is 13.9. The van der Waals surface area contributed by atoms with Crippen molar-refractivity contribution in [3.63, 3.8) is 0 Å². The third-order valence-electron chi connectivity index (χ3n) is 4.07. The predicted molar refractivity (Wildman–Crippen MR) is 85.9 cm³/mol. The number of nitrogens with zero attached hydrogens (tertiary/aromatic N) is 2. The van der Waals surface area contributed by atoms with Gasteiger partial charge >= 0.3 is 12.2 Å². The van der Waals surface area contributed by atoms with Crippen molar-refractivity contribution in [2.45, 2.75) is 18.6 Å². The first-order valence-electron chi connectivity index (χ1n) is 7.69. The first-order chi connectivity index (χ1) is 12.6. The molecule has 4 amide bonds. The predicted octanol–water partition coefficient (Wildman–Crippen LogP) is 2.21. The number of imide groups is 1. The number of urea groups is 1. The number of halogens is 3. The maximum Gasteiger partial charge on any atom is 0.433 e. The number of pyridine rings is 1. The van der Waals surface area contributed by atoms with Crippen LogP contribution in [0.15, 0.2) is 48.7 Å². The van der Waals surface area contributed by atoms with E-state index >= 15 is 0 Å². The van der Waals surface area contributed by atoms with Crippen LogP contribution in [0.4, 0.5) is 18.0 Å². The molecule has 1 unspecified atom stereocenters. The number of nitrogens with one attached hydrogen (secondary N) is 2. The largest absolute Gasteiger partial charge is 0.433 e. The molecule has 2 heterocycles. The third kappa shape index (κ3) is 3.33. The van der Waals surface area contributed by atoms with Gasteiger partial charge in [-0.15, -0.1) is 0 Å². The molecule has 1 aliphatic rings. The number of hydrogen-bond acceptors (Lipinski definition) is 4. The lowest BCUT2D eigenvalue weighted by Gasteiger charge is -2.22. The fourth-order valence-electron chi connectivity index (χ4n) is 2.57. The van der Waals surface area contributed by atoms with E-state index in [-0.39, 0.29) is 5.56 Å². The molecule has 1 fully saturated rings. The summed E-state index contributed by atoms with van der Waals surface area (Å²) in [4.78, 5) is 40.2. The molecular formula is C17H13F3N4O3. The molecule has 1 saturated heterocycles. The highest BCUT2D eigenvalue weighted by molar-refractivity contribution is 6.09. The maximum atomic E-state index is 12.7. The van der Waals surface area contributed by atoms with Crippen molar-refractivity contribution >= 4 is 17.8 Å². The second-order valence-electron chi connectivity index (χ2n) is 5.93. The third-order valence-corrected chi connectivity index (χ3v) is 4.07. The van der Waals surface area contributed by atoms with E-state index in [0.29, 0.717) is 22.8 Å². The molecule has 2 N–H and O–H groups in total. The van der Waals surface area contributed by atoms with Gasteiger partial charge in [-0.05, 0) is 24.6 Å². The van der Waals surface area contributed by atoms with Crippen LogP contribution < -0.4 is 10.7 Å². The monoisotopic (exact) mass is 378 g/mol. The fourth-order valence-corrected chi connectivity index (χ4v) is 2.57. The lowest BCUT2D eigenvalue weighted by atomic mass is 9.92. The molecule has 27 heavy (non-hydrogen) atoms. The van der Waals surface area contributed by atoms with Gasteiger partial charge in [0.05, 0.1) is 5.56 Å². The highest BCUT2D eigenvalue weighted by Gasteiger charge is 2.50. The van der Waals surface area contributed by atoms with Gasteiger partial charge in [-0.2, -0.15) is 18.2 Å². The molecule has 0 radical (unpaired) electrons. The standard InChI is InChI=1S/C17H13F3N4O3/c1-16(11-5-3-2-4-6-11)14(26)24(15(27)22-16)23-13(25)10-7-8-12(21-9-10)17(18,19)20/h2-9H,1H3,(H,22,27)(H,23,25). The highest BCUT2D eigenvalue weighted by Crippen LogP contribution is 2.28. The molecular weight excluding hydrogens is 365 g/mol. The Labute approximate surface area is 151 Å². The zero-order valence-corrected chi connectivity index (χ0v) is 13.9. The number of benzene rings is 1. The number of alkyl halides is 3. The summed E-state index contributed by atoms with van der Waals surface area (Å²) in [5, 5.41) is 2.98. The molecule has 1 aromatic heterocycles. The van der Waals surface area contributed by atoms with E-state index in [1.54, 1.807) is 30.3 Å². The first-order valence-corrected chi connectivity index (χ1v) is 7.69. The van der Waals surface area contributed by atoms with Crippen LogP contribution in [-0.2, 0) is 16.5 Å². The average Bonchev–Trinajstić information content (AvgIpc) is 2.86. The van der Waals surface area contributed by atoms with Crippen molar-refractivity contribution in [1.29, 1.82) is 0 Å². The minimum absolute atomic E-state index is 0.239. The summed E-state index contributed by atoms with van der Waals surface area (Å²) >= 11 is 0. The maximum absolute atomic E-state index is 12.7. The van der Waals surface area contributed by atoms with Gasteiger partial charge in [0.1, 0.15) is 11.2 Å². The SMILES string of the molecule is CC1(c2ccccc2)NC(=O)N(NC(=O)c2ccc(C(F)(F)F)nc2)C1=O. The Morgan fingerprint density at radius 3 is 2.37 bits per heavy atom. The van der Waals surface area contributed by atoms with Gasteiger partial charge < -0.3 is 5.32 Å². The van der Waals surface area contributed by atoms with Crippen molar-refractivity contribution in [3.8, 4) is 0 Å². The van der Waals surface area contributed by atoms with E-state index in [0.717, 1.165) is 6.07 Å². The Morgan fingerprint density at radius 1 is 1.15 bits per heavy atom. The summed E-state index contributed by atoms with van der Waals surface area (Å²) in [6.07, 6.45) is -3.93. The summed E-state index contributed by atoms with van der Waals surface area (Å²) in [5.41, 5.74) is -0.185. The summed E-state index contributed by atoms with van der Waals surface area (Å²) in [7, 11) is 0. The average molecular weight is 378 g/mol. The van der Waals surface area contributed by atoms with Crippen LogP contribution >= 0.6 is 0 Å². The van der Waals surface area contributed by atoms with Gasteiger partial charge in [-0.3, -0.25) is 20.0 Å². The van der Waals surface area contributed by atoms with Crippen molar-refractivity contribution in [2.75, 3.05) is 0 Å². The quantitative estimate of drug-likeness (QED) is 0.802. The van der Waals surface area contributed by atoms with Gasteiger partial charge in [0.2, 0.25) is 0 Å². The van der Waals surface area contributed by atoms with Crippen LogP contribution in [0.25, 0.3) is 0 Å². The number of amides is 4. The van der Waals surface area contributed by atoms with E-state index in [1.807, 2.05) is 0 Å². The van der Waals surface area contributed by atoms with Crippen molar-refractivity contribution in [3.05, 3.63) is 65.5 Å². The van der Waals surface area contributed by atoms with E-state index in [2.05, 4.69) is 15.7 Å². The molecule has 0 aliphatic carbocycles. The second kappa shape index (κ2) is 6.38. The minimum atomic E-state index is -4.64. The number of aromatic nitrogens is 1. The number of carbonyl (C=O) groups is 3. The van der Waals surface area contributed by atoms with E-state index in [9.17, 15) is 27.6 Å². The Kier molecular flexibility index (Phi) is 4.34. The van der Waals surface area contributed by atoms with Crippen LogP contribution in [0.5, 0.6) is 0 Å². The molecule has 1 aromatic carbocycles. The van der Waals surface area contributed by atoms with Gasteiger partial charge in [0, 0.05) is 6.20 Å². The summed E-state index contributed by atoms with van der Waals surface area (Å²) < 4.78 is 37.6. The second-order valence-corrected chi connectivity index (χ2v) is 5.93. The molecule has 0 bridgehead atoms. The molecule has 0 spiro atoms. The molecule has 2 aromatic rings. The molecule has 10 heteroatoms.